The summed E-state index contributed by atoms with van der Waals surface area (Å²) in [6, 6.07) is 10.1. The predicted octanol–water partition coefficient (Wildman–Crippen LogP) is 2.23. The molecule has 2 aromatic rings. The topological polar surface area (TPSA) is 55.0 Å². The SMILES string of the molecule is CCN(c1cccc(F)c1)c1ccc(CN)nn1. The van der Waals surface area contributed by atoms with Crippen LogP contribution in [0.1, 0.15) is 12.6 Å². The first kappa shape index (κ1) is 12.4. The highest BCUT2D eigenvalue weighted by Crippen LogP contribution is 2.23. The van der Waals surface area contributed by atoms with E-state index in [2.05, 4.69) is 10.2 Å². The Hall–Kier alpha value is -2.01. The van der Waals surface area contributed by atoms with Crippen molar-refractivity contribution in [1.29, 1.82) is 0 Å². The minimum atomic E-state index is -0.266. The minimum Gasteiger partial charge on any atom is -0.325 e. The quantitative estimate of drug-likeness (QED) is 0.898. The lowest BCUT2D eigenvalue weighted by molar-refractivity contribution is 0.627. The lowest BCUT2D eigenvalue weighted by atomic mass is 10.2. The number of hydrogen-bond acceptors (Lipinski definition) is 4. The highest BCUT2D eigenvalue weighted by Gasteiger charge is 2.09. The van der Waals surface area contributed by atoms with Gasteiger partial charge >= 0.3 is 0 Å². The van der Waals surface area contributed by atoms with Gasteiger partial charge in [-0.1, -0.05) is 6.07 Å². The molecule has 0 spiro atoms. The second-order valence-electron chi connectivity index (χ2n) is 3.81. The minimum absolute atomic E-state index is 0.266. The van der Waals surface area contributed by atoms with Crippen LogP contribution in [0.5, 0.6) is 0 Å². The molecule has 1 aromatic carbocycles. The van der Waals surface area contributed by atoms with Crippen molar-refractivity contribution < 1.29 is 4.39 Å². The van der Waals surface area contributed by atoms with Gasteiger partial charge in [-0.05, 0) is 37.3 Å². The molecule has 1 aromatic heterocycles. The van der Waals surface area contributed by atoms with Crippen LogP contribution >= 0.6 is 0 Å². The summed E-state index contributed by atoms with van der Waals surface area (Å²) in [6.45, 7) is 3.02. The molecule has 2 N–H and O–H groups in total. The number of nitrogens with zero attached hydrogens (tertiary/aromatic N) is 3. The Morgan fingerprint density at radius 1 is 1.22 bits per heavy atom. The standard InChI is InChI=1S/C13H15FN4/c1-2-18(12-5-3-4-10(14)8-12)13-7-6-11(9-15)16-17-13/h3-8H,2,9,15H2,1H3. The molecule has 0 bridgehead atoms. The molecule has 0 atom stereocenters. The molecule has 1 heterocycles. The smallest absolute Gasteiger partial charge is 0.155 e. The largest absolute Gasteiger partial charge is 0.325 e. The number of rotatable bonds is 4. The number of benzene rings is 1. The molecule has 0 aliphatic carbocycles. The van der Waals surface area contributed by atoms with Gasteiger partial charge in [0.15, 0.2) is 5.82 Å². The van der Waals surface area contributed by atoms with Gasteiger partial charge in [0.1, 0.15) is 5.82 Å². The molecule has 0 saturated carbocycles. The molecule has 0 aliphatic heterocycles. The van der Waals surface area contributed by atoms with Crippen molar-refractivity contribution in [1.82, 2.24) is 10.2 Å². The van der Waals surface area contributed by atoms with E-state index in [0.717, 1.165) is 11.4 Å². The first-order chi connectivity index (χ1) is 8.74. The summed E-state index contributed by atoms with van der Waals surface area (Å²) in [5.41, 5.74) is 6.96. The zero-order valence-electron chi connectivity index (χ0n) is 10.2. The maximum atomic E-state index is 13.2. The third-order valence-electron chi connectivity index (χ3n) is 2.63. The van der Waals surface area contributed by atoms with Crippen LogP contribution in [0.3, 0.4) is 0 Å². The van der Waals surface area contributed by atoms with Gasteiger partial charge in [-0.2, -0.15) is 5.10 Å². The van der Waals surface area contributed by atoms with E-state index >= 15 is 0 Å². The Labute approximate surface area is 105 Å². The summed E-state index contributed by atoms with van der Waals surface area (Å²) in [7, 11) is 0. The number of nitrogens with two attached hydrogens (primary N) is 1. The average Bonchev–Trinajstić information content (AvgIpc) is 2.40. The maximum absolute atomic E-state index is 13.2. The summed E-state index contributed by atoms with van der Waals surface area (Å²) in [4.78, 5) is 1.89. The van der Waals surface area contributed by atoms with Crippen LogP contribution in [0.2, 0.25) is 0 Å². The van der Waals surface area contributed by atoms with Crippen molar-refractivity contribution in [3.8, 4) is 0 Å². The molecule has 0 fully saturated rings. The Morgan fingerprint density at radius 3 is 2.61 bits per heavy atom. The second-order valence-corrected chi connectivity index (χ2v) is 3.81. The van der Waals surface area contributed by atoms with Crippen molar-refractivity contribution in [2.45, 2.75) is 13.5 Å². The third-order valence-corrected chi connectivity index (χ3v) is 2.63. The van der Waals surface area contributed by atoms with Crippen molar-refractivity contribution in [2.75, 3.05) is 11.4 Å². The zero-order valence-corrected chi connectivity index (χ0v) is 10.2. The summed E-state index contributed by atoms with van der Waals surface area (Å²) < 4.78 is 13.2. The normalized spacial score (nSPS) is 10.4. The molecule has 18 heavy (non-hydrogen) atoms. The van der Waals surface area contributed by atoms with Crippen molar-refractivity contribution in [3.63, 3.8) is 0 Å². The third kappa shape index (κ3) is 2.62. The van der Waals surface area contributed by atoms with E-state index in [9.17, 15) is 4.39 Å². The summed E-state index contributed by atoms with van der Waals surface area (Å²) in [5.74, 6) is 0.415. The Bertz CT molecular complexity index is 513. The van der Waals surface area contributed by atoms with Crippen molar-refractivity contribution >= 4 is 11.5 Å². The fraction of sp³-hybridized carbons (Fsp3) is 0.231. The molecule has 0 saturated heterocycles. The van der Waals surface area contributed by atoms with Crippen LogP contribution in [0.25, 0.3) is 0 Å². The van der Waals surface area contributed by atoms with Crippen molar-refractivity contribution in [2.24, 2.45) is 5.73 Å². The molecular formula is C13H15FN4. The van der Waals surface area contributed by atoms with Crippen LogP contribution < -0.4 is 10.6 Å². The molecular weight excluding hydrogens is 231 g/mol. The summed E-state index contributed by atoms with van der Waals surface area (Å²) >= 11 is 0. The van der Waals surface area contributed by atoms with Gasteiger partial charge in [0.2, 0.25) is 0 Å². The Kier molecular flexibility index (Phi) is 3.84. The van der Waals surface area contributed by atoms with Gasteiger partial charge in [0.05, 0.1) is 5.69 Å². The molecule has 4 nitrogen and oxygen atoms in total. The van der Waals surface area contributed by atoms with E-state index in [1.165, 1.54) is 12.1 Å². The molecule has 0 radical (unpaired) electrons. The van der Waals surface area contributed by atoms with Crippen LogP contribution in [-0.2, 0) is 6.54 Å². The molecule has 0 unspecified atom stereocenters. The van der Waals surface area contributed by atoms with Gasteiger partial charge in [-0.25, -0.2) is 4.39 Å². The second kappa shape index (κ2) is 5.55. The first-order valence-electron chi connectivity index (χ1n) is 5.80. The fourth-order valence-electron chi connectivity index (χ4n) is 1.73. The van der Waals surface area contributed by atoms with Crippen LogP contribution in [0.4, 0.5) is 15.9 Å². The lowest BCUT2D eigenvalue weighted by Crippen LogP contribution is -2.18. The Morgan fingerprint density at radius 2 is 2.06 bits per heavy atom. The van der Waals surface area contributed by atoms with E-state index in [-0.39, 0.29) is 5.82 Å². The summed E-state index contributed by atoms with van der Waals surface area (Å²) in [5, 5.41) is 8.10. The zero-order chi connectivity index (χ0) is 13.0. The van der Waals surface area contributed by atoms with Crippen LogP contribution in [-0.4, -0.2) is 16.7 Å². The predicted molar refractivity (Wildman–Crippen MR) is 69.0 cm³/mol. The number of hydrogen-bond donors (Lipinski definition) is 1. The number of aromatic nitrogens is 2. The maximum Gasteiger partial charge on any atom is 0.155 e. The molecule has 94 valence electrons. The van der Waals surface area contributed by atoms with Gasteiger partial charge in [0.25, 0.3) is 0 Å². The number of halogens is 1. The molecule has 0 aliphatic rings. The molecule has 0 amide bonds. The van der Waals surface area contributed by atoms with Gasteiger partial charge in [0, 0.05) is 18.8 Å². The highest BCUT2D eigenvalue weighted by atomic mass is 19.1. The first-order valence-corrected chi connectivity index (χ1v) is 5.80. The fourth-order valence-corrected chi connectivity index (χ4v) is 1.73. The highest BCUT2D eigenvalue weighted by molar-refractivity contribution is 5.59. The van der Waals surface area contributed by atoms with Crippen LogP contribution in [0.15, 0.2) is 36.4 Å². The monoisotopic (exact) mass is 246 g/mol. The van der Waals surface area contributed by atoms with E-state index in [4.69, 9.17) is 5.73 Å². The van der Waals surface area contributed by atoms with Gasteiger partial charge in [-0.15, -0.1) is 5.10 Å². The molecule has 2 rings (SSSR count). The van der Waals surface area contributed by atoms with E-state index in [1.807, 2.05) is 30.0 Å². The van der Waals surface area contributed by atoms with E-state index in [1.54, 1.807) is 6.07 Å². The Balaban J connectivity index is 2.32. The molecule has 5 heteroatoms. The van der Waals surface area contributed by atoms with E-state index < -0.39 is 0 Å². The number of anilines is 2. The van der Waals surface area contributed by atoms with Crippen molar-refractivity contribution in [3.05, 3.63) is 47.9 Å². The summed E-state index contributed by atoms with van der Waals surface area (Å²) in [6.07, 6.45) is 0. The van der Waals surface area contributed by atoms with Gasteiger partial charge < -0.3 is 10.6 Å². The lowest BCUT2D eigenvalue weighted by Gasteiger charge is -2.21. The van der Waals surface area contributed by atoms with Gasteiger partial charge in [-0.3, -0.25) is 0 Å². The van der Waals surface area contributed by atoms with Crippen LogP contribution in [0, 0.1) is 5.82 Å². The average molecular weight is 246 g/mol. The van der Waals surface area contributed by atoms with E-state index in [0.29, 0.717) is 18.9 Å².